The molecule has 3 N–H and O–H groups in total. The number of carbonyl (C=O) groups is 2. The molecular weight excluding hydrogens is 437 g/mol. The molecule has 0 bridgehead atoms. The molecule has 0 radical (unpaired) electrons. The average molecular weight is 456 g/mol. The molecule has 0 spiro atoms. The quantitative estimate of drug-likeness (QED) is 0.300. The lowest BCUT2D eigenvalue weighted by atomic mass is 10.1. The van der Waals surface area contributed by atoms with Crippen molar-refractivity contribution in [2.75, 3.05) is 0 Å². The number of fused-ring (bicyclic) bond motifs is 1. The van der Waals surface area contributed by atoms with Gasteiger partial charge in [-0.15, -0.1) is 0 Å². The third-order valence-corrected chi connectivity index (χ3v) is 5.52. The second-order valence-corrected chi connectivity index (χ2v) is 7.93. The number of nitrogens with zero attached hydrogens (tertiary/aromatic N) is 1. The summed E-state index contributed by atoms with van der Waals surface area (Å²) in [6, 6.07) is 9.66. The number of pyridine rings is 1. The monoisotopic (exact) mass is 455 g/mol. The van der Waals surface area contributed by atoms with Gasteiger partial charge in [-0.2, -0.15) is 0 Å². The van der Waals surface area contributed by atoms with Gasteiger partial charge in [-0.25, -0.2) is 9.87 Å². The van der Waals surface area contributed by atoms with Crippen LogP contribution >= 0.6 is 11.6 Å². The van der Waals surface area contributed by atoms with Crippen LogP contribution in [0.3, 0.4) is 0 Å². The summed E-state index contributed by atoms with van der Waals surface area (Å²) in [7, 11) is 0. The highest BCUT2D eigenvalue weighted by molar-refractivity contribution is 6.31. The molecule has 2 aromatic carbocycles. The Kier molecular flexibility index (Phi) is 6.07. The molecule has 1 fully saturated rings. The van der Waals surface area contributed by atoms with Crippen LogP contribution in [0.1, 0.15) is 40.4 Å². The molecule has 164 valence electrons. The fraction of sp³-hybridized carbons (Fsp3) is 0.174. The summed E-state index contributed by atoms with van der Waals surface area (Å²) < 4.78 is 15.8. The Hall–Kier alpha value is -3.49. The largest absolute Gasteiger partial charge is 0.348 e. The summed E-state index contributed by atoms with van der Waals surface area (Å²) in [6.45, 7) is 0.176. The maximum absolute atomic E-state index is 14.0. The lowest BCUT2D eigenvalue weighted by molar-refractivity contribution is -0.124. The second kappa shape index (κ2) is 8.94. The zero-order chi connectivity index (χ0) is 22.8. The summed E-state index contributed by atoms with van der Waals surface area (Å²) in [5, 5.41) is 11.3. The van der Waals surface area contributed by atoms with Crippen LogP contribution in [0.4, 0.5) is 4.39 Å². The van der Waals surface area contributed by atoms with Crippen molar-refractivity contribution in [2.45, 2.75) is 25.4 Å². The van der Waals surface area contributed by atoms with Gasteiger partial charge in [-0.05, 0) is 42.2 Å². The molecule has 4 rings (SSSR count). The van der Waals surface area contributed by atoms with Crippen LogP contribution in [0.15, 0.2) is 53.5 Å². The molecule has 3 aromatic rings. The lowest BCUT2D eigenvalue weighted by Crippen LogP contribution is -2.29. The standard InChI is InChI=1S/C23H19ClFN3O4/c24-18-10-20-16(9-19(18)25)22(30)17(12-28(20)15-6-7-15)23(31)26-11-14-3-1-13(2-4-14)5-8-21(29)27-32/h1-5,8-10,12,15,32H,6-7,11H2,(H,26,31)(H,27,29)/b8-5+. The van der Waals surface area contributed by atoms with E-state index in [1.807, 2.05) is 4.57 Å². The van der Waals surface area contributed by atoms with E-state index >= 15 is 0 Å². The van der Waals surface area contributed by atoms with Gasteiger partial charge in [0.15, 0.2) is 0 Å². The van der Waals surface area contributed by atoms with Crippen molar-refractivity contribution in [3.63, 3.8) is 0 Å². The molecule has 9 heteroatoms. The van der Waals surface area contributed by atoms with Gasteiger partial charge in [0.25, 0.3) is 11.8 Å². The van der Waals surface area contributed by atoms with Crippen LogP contribution in [-0.2, 0) is 11.3 Å². The normalized spacial score (nSPS) is 13.5. The number of carbonyl (C=O) groups excluding carboxylic acids is 2. The van der Waals surface area contributed by atoms with E-state index in [1.165, 1.54) is 29.9 Å². The average Bonchev–Trinajstić information content (AvgIpc) is 3.63. The molecule has 1 aromatic heterocycles. The smallest absolute Gasteiger partial charge is 0.267 e. The van der Waals surface area contributed by atoms with Crippen molar-refractivity contribution in [3.05, 3.63) is 86.4 Å². The molecule has 1 heterocycles. The zero-order valence-corrected chi connectivity index (χ0v) is 17.5. The number of rotatable bonds is 6. The minimum atomic E-state index is -0.707. The first-order chi connectivity index (χ1) is 15.4. The fourth-order valence-electron chi connectivity index (χ4n) is 3.39. The number of hydroxylamine groups is 1. The highest BCUT2D eigenvalue weighted by Gasteiger charge is 2.27. The first-order valence-electron chi connectivity index (χ1n) is 9.90. The first kappa shape index (κ1) is 21.7. The van der Waals surface area contributed by atoms with Gasteiger partial charge in [-0.3, -0.25) is 19.6 Å². The summed E-state index contributed by atoms with van der Waals surface area (Å²) in [5.74, 6) is -1.90. The van der Waals surface area contributed by atoms with E-state index in [-0.39, 0.29) is 28.6 Å². The summed E-state index contributed by atoms with van der Waals surface area (Å²) in [4.78, 5) is 36.7. The van der Waals surface area contributed by atoms with Gasteiger partial charge < -0.3 is 9.88 Å². The molecular formula is C23H19ClFN3O4. The number of benzene rings is 2. The van der Waals surface area contributed by atoms with Crippen LogP contribution < -0.4 is 16.2 Å². The van der Waals surface area contributed by atoms with Crippen molar-refractivity contribution in [1.29, 1.82) is 0 Å². The number of amides is 2. The van der Waals surface area contributed by atoms with Crippen LogP contribution in [0.2, 0.25) is 5.02 Å². The molecule has 32 heavy (non-hydrogen) atoms. The highest BCUT2D eigenvalue weighted by Crippen LogP contribution is 2.37. The molecule has 0 unspecified atom stereocenters. The summed E-state index contributed by atoms with van der Waals surface area (Å²) in [5.41, 5.74) is 2.92. The highest BCUT2D eigenvalue weighted by atomic mass is 35.5. The zero-order valence-electron chi connectivity index (χ0n) is 16.8. The number of aromatic nitrogens is 1. The molecule has 1 aliphatic rings. The van der Waals surface area contributed by atoms with Gasteiger partial charge >= 0.3 is 0 Å². The predicted molar refractivity (Wildman–Crippen MR) is 118 cm³/mol. The van der Waals surface area contributed by atoms with E-state index in [0.29, 0.717) is 5.52 Å². The van der Waals surface area contributed by atoms with Crippen molar-refractivity contribution < 1.29 is 19.2 Å². The number of hydrogen-bond donors (Lipinski definition) is 3. The Morgan fingerprint density at radius 3 is 2.59 bits per heavy atom. The van der Waals surface area contributed by atoms with E-state index in [1.54, 1.807) is 24.3 Å². The Balaban J connectivity index is 1.55. The Morgan fingerprint density at radius 2 is 1.94 bits per heavy atom. The topological polar surface area (TPSA) is 100 Å². The van der Waals surface area contributed by atoms with Crippen molar-refractivity contribution in [3.8, 4) is 0 Å². The van der Waals surface area contributed by atoms with E-state index in [9.17, 15) is 18.8 Å². The molecule has 7 nitrogen and oxygen atoms in total. The SMILES string of the molecule is O=C(/C=C/c1ccc(CNC(=O)c2cn(C3CC3)c3cc(Cl)c(F)cc3c2=O)cc1)NO. The molecule has 2 amide bonds. The number of halogens is 2. The first-order valence-corrected chi connectivity index (χ1v) is 10.3. The third-order valence-electron chi connectivity index (χ3n) is 5.23. The predicted octanol–water partition coefficient (Wildman–Crippen LogP) is 3.58. The molecule has 0 saturated heterocycles. The molecule has 1 aliphatic carbocycles. The van der Waals surface area contributed by atoms with E-state index in [0.717, 1.165) is 30.0 Å². The van der Waals surface area contributed by atoms with Crippen LogP contribution in [0.25, 0.3) is 17.0 Å². The summed E-state index contributed by atoms with van der Waals surface area (Å²) in [6.07, 6.45) is 6.04. The van der Waals surface area contributed by atoms with E-state index in [4.69, 9.17) is 16.8 Å². The third kappa shape index (κ3) is 4.56. The van der Waals surface area contributed by atoms with Gasteiger partial charge in [0, 0.05) is 30.2 Å². The van der Waals surface area contributed by atoms with Gasteiger partial charge in [0.1, 0.15) is 11.4 Å². The number of nitrogens with one attached hydrogen (secondary N) is 2. The Labute approximate surface area is 187 Å². The molecule has 0 aliphatic heterocycles. The Morgan fingerprint density at radius 1 is 1.22 bits per heavy atom. The van der Waals surface area contributed by atoms with E-state index in [2.05, 4.69) is 5.32 Å². The van der Waals surface area contributed by atoms with Gasteiger partial charge in [-0.1, -0.05) is 35.9 Å². The van der Waals surface area contributed by atoms with Crippen molar-refractivity contribution >= 4 is 40.4 Å². The van der Waals surface area contributed by atoms with Crippen molar-refractivity contribution in [2.24, 2.45) is 0 Å². The maximum atomic E-state index is 14.0. The summed E-state index contributed by atoms with van der Waals surface area (Å²) >= 11 is 5.91. The van der Waals surface area contributed by atoms with Crippen molar-refractivity contribution in [1.82, 2.24) is 15.4 Å². The minimum Gasteiger partial charge on any atom is -0.348 e. The second-order valence-electron chi connectivity index (χ2n) is 7.53. The number of hydrogen-bond acceptors (Lipinski definition) is 4. The molecule has 1 saturated carbocycles. The molecule has 0 atom stereocenters. The fourth-order valence-corrected chi connectivity index (χ4v) is 3.55. The minimum absolute atomic E-state index is 0.0549. The van der Waals surface area contributed by atoms with Gasteiger partial charge in [0.2, 0.25) is 5.43 Å². The van der Waals surface area contributed by atoms with E-state index < -0.39 is 23.1 Å². The van der Waals surface area contributed by atoms with Gasteiger partial charge in [0.05, 0.1) is 10.5 Å². The Bertz CT molecular complexity index is 1300. The maximum Gasteiger partial charge on any atom is 0.267 e. The van der Waals surface area contributed by atoms with Crippen LogP contribution in [0.5, 0.6) is 0 Å². The lowest BCUT2D eigenvalue weighted by Gasteiger charge is -2.13. The van der Waals surface area contributed by atoms with Crippen LogP contribution in [0, 0.1) is 5.82 Å². The van der Waals surface area contributed by atoms with Crippen LogP contribution in [-0.4, -0.2) is 21.6 Å².